The third-order valence-electron chi connectivity index (χ3n) is 3.14. The number of primary amides is 1. The first-order chi connectivity index (χ1) is 10.4. The number of halogens is 1. The van der Waals surface area contributed by atoms with Gasteiger partial charge < -0.3 is 15.8 Å². The Morgan fingerprint density at radius 3 is 2.50 bits per heavy atom. The number of rotatable bonds is 8. The minimum absolute atomic E-state index is 0.0431. The summed E-state index contributed by atoms with van der Waals surface area (Å²) in [5.41, 5.74) is 5.27. The van der Waals surface area contributed by atoms with E-state index < -0.39 is 23.7 Å². The molecule has 1 aromatic rings. The molecule has 1 atom stereocenters. The van der Waals surface area contributed by atoms with Crippen LogP contribution in [0.1, 0.15) is 36.5 Å². The highest BCUT2D eigenvalue weighted by Crippen LogP contribution is 2.18. The highest BCUT2D eigenvalue weighted by Gasteiger charge is 2.17. The summed E-state index contributed by atoms with van der Waals surface area (Å²) in [6.07, 6.45) is 0.182. The standard InChI is InChI=1S/C15H19FN2O4/c1-3-11(15(17)21)18-14(20)7-5-12(19)9-4-6-13(22-2)10(16)8-9/h4,6,8,11H,3,5,7H2,1-2H3,(H2,17,21)(H,18,20). The molecule has 2 amide bonds. The number of hydrogen-bond acceptors (Lipinski definition) is 4. The molecule has 0 spiro atoms. The predicted molar refractivity (Wildman–Crippen MR) is 77.9 cm³/mol. The van der Waals surface area contributed by atoms with Crippen molar-refractivity contribution in [2.24, 2.45) is 5.73 Å². The van der Waals surface area contributed by atoms with Gasteiger partial charge in [-0.1, -0.05) is 6.92 Å². The number of carbonyl (C=O) groups excluding carboxylic acids is 3. The normalized spacial score (nSPS) is 11.6. The van der Waals surface area contributed by atoms with Crippen molar-refractivity contribution in [3.63, 3.8) is 0 Å². The third kappa shape index (κ3) is 4.83. The lowest BCUT2D eigenvalue weighted by atomic mass is 10.1. The van der Waals surface area contributed by atoms with Crippen molar-refractivity contribution in [3.05, 3.63) is 29.6 Å². The minimum atomic E-state index is -0.749. The fourth-order valence-corrected chi connectivity index (χ4v) is 1.85. The average Bonchev–Trinajstić information content (AvgIpc) is 2.49. The molecule has 0 aromatic heterocycles. The summed E-state index contributed by atoms with van der Waals surface area (Å²) in [5.74, 6) is -2.05. The van der Waals surface area contributed by atoms with Gasteiger partial charge in [-0.05, 0) is 24.6 Å². The van der Waals surface area contributed by atoms with Crippen molar-refractivity contribution >= 4 is 17.6 Å². The Morgan fingerprint density at radius 1 is 1.32 bits per heavy atom. The zero-order valence-corrected chi connectivity index (χ0v) is 12.5. The molecule has 0 heterocycles. The summed E-state index contributed by atoms with van der Waals surface area (Å²) in [7, 11) is 1.33. The molecule has 3 N–H and O–H groups in total. The number of nitrogens with two attached hydrogens (primary N) is 1. The Balaban J connectivity index is 2.57. The molecule has 0 aliphatic heterocycles. The highest BCUT2D eigenvalue weighted by atomic mass is 19.1. The lowest BCUT2D eigenvalue weighted by Crippen LogP contribution is -2.43. The molecule has 0 saturated heterocycles. The van der Waals surface area contributed by atoms with E-state index in [4.69, 9.17) is 10.5 Å². The molecule has 120 valence electrons. The Labute approximate surface area is 127 Å². The van der Waals surface area contributed by atoms with Gasteiger partial charge in [0.05, 0.1) is 7.11 Å². The summed E-state index contributed by atoms with van der Waals surface area (Å²) in [4.78, 5) is 34.6. The van der Waals surface area contributed by atoms with E-state index in [-0.39, 0.29) is 29.9 Å². The van der Waals surface area contributed by atoms with E-state index in [1.165, 1.54) is 19.2 Å². The lowest BCUT2D eigenvalue weighted by molar-refractivity contribution is -0.127. The smallest absolute Gasteiger partial charge is 0.239 e. The van der Waals surface area contributed by atoms with Gasteiger partial charge in [0, 0.05) is 18.4 Å². The van der Waals surface area contributed by atoms with Crippen molar-refractivity contribution in [1.82, 2.24) is 5.32 Å². The fourth-order valence-electron chi connectivity index (χ4n) is 1.85. The van der Waals surface area contributed by atoms with E-state index in [1.807, 2.05) is 0 Å². The van der Waals surface area contributed by atoms with Gasteiger partial charge in [0.1, 0.15) is 6.04 Å². The summed E-state index contributed by atoms with van der Waals surface area (Å²) < 4.78 is 18.3. The number of benzene rings is 1. The second kappa shape index (κ2) is 8.11. The van der Waals surface area contributed by atoms with Crippen molar-refractivity contribution in [1.29, 1.82) is 0 Å². The van der Waals surface area contributed by atoms with E-state index in [2.05, 4.69) is 5.32 Å². The van der Waals surface area contributed by atoms with Gasteiger partial charge in [-0.2, -0.15) is 0 Å². The molecule has 0 aliphatic rings. The Hall–Kier alpha value is -2.44. The number of nitrogens with one attached hydrogen (secondary N) is 1. The molecule has 0 saturated carbocycles. The molecule has 22 heavy (non-hydrogen) atoms. The van der Waals surface area contributed by atoms with Crippen LogP contribution in [0.15, 0.2) is 18.2 Å². The Morgan fingerprint density at radius 2 is 2.00 bits per heavy atom. The maximum absolute atomic E-state index is 13.5. The van der Waals surface area contributed by atoms with E-state index in [0.29, 0.717) is 6.42 Å². The largest absolute Gasteiger partial charge is 0.494 e. The lowest BCUT2D eigenvalue weighted by Gasteiger charge is -2.12. The number of methoxy groups -OCH3 is 1. The van der Waals surface area contributed by atoms with Crippen LogP contribution in [0.25, 0.3) is 0 Å². The quantitative estimate of drug-likeness (QED) is 0.704. The predicted octanol–water partition coefficient (Wildman–Crippen LogP) is 1.18. The minimum Gasteiger partial charge on any atom is -0.494 e. The van der Waals surface area contributed by atoms with Crippen molar-refractivity contribution < 1.29 is 23.5 Å². The average molecular weight is 310 g/mol. The second-order valence-electron chi connectivity index (χ2n) is 4.70. The number of ether oxygens (including phenoxy) is 1. The van der Waals surface area contributed by atoms with Crippen LogP contribution in [0.3, 0.4) is 0 Å². The molecular formula is C15H19FN2O4. The summed E-state index contributed by atoms with van der Waals surface area (Å²) in [6.45, 7) is 1.71. The summed E-state index contributed by atoms with van der Waals surface area (Å²) >= 11 is 0. The van der Waals surface area contributed by atoms with E-state index in [9.17, 15) is 18.8 Å². The maximum Gasteiger partial charge on any atom is 0.239 e. The highest BCUT2D eigenvalue weighted by molar-refractivity contribution is 5.98. The number of hydrogen-bond donors (Lipinski definition) is 2. The van der Waals surface area contributed by atoms with Gasteiger partial charge in [0.15, 0.2) is 17.3 Å². The monoisotopic (exact) mass is 310 g/mol. The number of Topliss-reactive ketones (excluding diaryl/α,β-unsaturated/α-hetero) is 1. The van der Waals surface area contributed by atoms with Crippen molar-refractivity contribution in [2.75, 3.05) is 7.11 Å². The Bertz CT molecular complexity index is 575. The maximum atomic E-state index is 13.5. The van der Waals surface area contributed by atoms with Crippen molar-refractivity contribution in [3.8, 4) is 5.75 Å². The SMILES string of the molecule is CCC(NC(=O)CCC(=O)c1ccc(OC)c(F)c1)C(N)=O. The van der Waals surface area contributed by atoms with Gasteiger partial charge in [-0.25, -0.2) is 4.39 Å². The van der Waals surface area contributed by atoms with Crippen LogP contribution in [0, 0.1) is 5.82 Å². The molecule has 0 fully saturated rings. The van der Waals surface area contributed by atoms with Gasteiger partial charge in [0.2, 0.25) is 11.8 Å². The second-order valence-corrected chi connectivity index (χ2v) is 4.70. The van der Waals surface area contributed by atoms with E-state index in [1.54, 1.807) is 6.92 Å². The molecule has 0 bridgehead atoms. The third-order valence-corrected chi connectivity index (χ3v) is 3.14. The summed E-state index contributed by atoms with van der Waals surface area (Å²) in [6, 6.07) is 3.10. The van der Waals surface area contributed by atoms with Crippen LogP contribution in [0.2, 0.25) is 0 Å². The fraction of sp³-hybridized carbons (Fsp3) is 0.400. The summed E-state index contributed by atoms with van der Waals surface area (Å²) in [5, 5.41) is 2.44. The van der Waals surface area contributed by atoms with Crippen molar-refractivity contribution in [2.45, 2.75) is 32.2 Å². The zero-order chi connectivity index (χ0) is 16.7. The molecule has 1 aromatic carbocycles. The van der Waals surface area contributed by atoms with Gasteiger partial charge >= 0.3 is 0 Å². The first-order valence-corrected chi connectivity index (χ1v) is 6.84. The topological polar surface area (TPSA) is 98.5 Å². The molecule has 0 aliphatic carbocycles. The van der Waals surface area contributed by atoms with Crippen LogP contribution >= 0.6 is 0 Å². The molecule has 1 rings (SSSR count). The molecule has 0 radical (unpaired) electrons. The first kappa shape index (κ1) is 17.6. The molecular weight excluding hydrogens is 291 g/mol. The van der Waals surface area contributed by atoms with Crippen LogP contribution in [0.5, 0.6) is 5.75 Å². The molecule has 7 heteroatoms. The van der Waals surface area contributed by atoms with Gasteiger partial charge in [-0.15, -0.1) is 0 Å². The van der Waals surface area contributed by atoms with Crippen LogP contribution < -0.4 is 15.8 Å². The van der Waals surface area contributed by atoms with Crippen LogP contribution in [-0.4, -0.2) is 30.7 Å². The van der Waals surface area contributed by atoms with Gasteiger partial charge in [-0.3, -0.25) is 14.4 Å². The number of carbonyl (C=O) groups is 3. The first-order valence-electron chi connectivity index (χ1n) is 6.84. The van der Waals surface area contributed by atoms with Crippen LogP contribution in [0.4, 0.5) is 4.39 Å². The van der Waals surface area contributed by atoms with Gasteiger partial charge in [0.25, 0.3) is 0 Å². The molecule has 6 nitrogen and oxygen atoms in total. The molecule has 1 unspecified atom stereocenters. The Kier molecular flexibility index (Phi) is 6.49. The zero-order valence-electron chi connectivity index (χ0n) is 12.5. The van der Waals surface area contributed by atoms with Crippen LogP contribution in [-0.2, 0) is 9.59 Å². The van der Waals surface area contributed by atoms with E-state index >= 15 is 0 Å². The van der Waals surface area contributed by atoms with E-state index in [0.717, 1.165) is 6.07 Å². The number of amides is 2. The number of ketones is 1.